The lowest BCUT2D eigenvalue weighted by Crippen LogP contribution is -2.29. The molecular weight excluding hydrogens is 226 g/mol. The van der Waals surface area contributed by atoms with Crippen LogP contribution in [0.15, 0.2) is 24.3 Å². The number of nitrogens with one attached hydrogen (secondary N) is 1. The SMILES string of the molecule is CC(NCC1CCC(O)CC1)c1ccccc1O. The fourth-order valence-electron chi connectivity index (χ4n) is 2.66. The van der Waals surface area contributed by atoms with Crippen molar-refractivity contribution in [2.24, 2.45) is 5.92 Å². The van der Waals surface area contributed by atoms with E-state index in [1.165, 1.54) is 0 Å². The zero-order valence-electron chi connectivity index (χ0n) is 11.0. The molecule has 0 aliphatic heterocycles. The third-order valence-corrected chi connectivity index (χ3v) is 3.93. The molecule has 0 spiro atoms. The monoisotopic (exact) mass is 249 g/mol. The van der Waals surface area contributed by atoms with Gasteiger partial charge in [-0.3, -0.25) is 0 Å². The Hall–Kier alpha value is -1.06. The predicted octanol–water partition coefficient (Wildman–Crippen LogP) is 2.59. The third kappa shape index (κ3) is 3.47. The molecule has 2 rings (SSSR count). The van der Waals surface area contributed by atoms with Crippen molar-refractivity contribution in [1.29, 1.82) is 0 Å². The summed E-state index contributed by atoms with van der Waals surface area (Å²) in [6.07, 6.45) is 3.97. The molecule has 0 radical (unpaired) electrons. The van der Waals surface area contributed by atoms with Gasteiger partial charge in [-0.05, 0) is 51.1 Å². The summed E-state index contributed by atoms with van der Waals surface area (Å²) in [6.45, 7) is 3.04. The van der Waals surface area contributed by atoms with Crippen LogP contribution in [0.5, 0.6) is 5.75 Å². The van der Waals surface area contributed by atoms with E-state index in [1.54, 1.807) is 6.07 Å². The number of benzene rings is 1. The maximum atomic E-state index is 9.78. The minimum atomic E-state index is -0.0863. The number of phenolic OH excluding ortho intramolecular Hbond substituents is 1. The number of aliphatic hydroxyl groups is 1. The quantitative estimate of drug-likeness (QED) is 0.769. The highest BCUT2D eigenvalue weighted by Crippen LogP contribution is 2.26. The van der Waals surface area contributed by atoms with Gasteiger partial charge in [0.1, 0.15) is 5.75 Å². The van der Waals surface area contributed by atoms with Gasteiger partial charge in [0.05, 0.1) is 6.10 Å². The van der Waals surface area contributed by atoms with Crippen molar-refractivity contribution in [1.82, 2.24) is 5.32 Å². The van der Waals surface area contributed by atoms with Crippen LogP contribution in [0.2, 0.25) is 0 Å². The molecule has 18 heavy (non-hydrogen) atoms. The maximum Gasteiger partial charge on any atom is 0.120 e. The van der Waals surface area contributed by atoms with Crippen LogP contribution in [0, 0.1) is 5.92 Å². The molecule has 1 aromatic rings. The van der Waals surface area contributed by atoms with Gasteiger partial charge in [0.25, 0.3) is 0 Å². The van der Waals surface area contributed by atoms with E-state index < -0.39 is 0 Å². The van der Waals surface area contributed by atoms with Gasteiger partial charge < -0.3 is 15.5 Å². The van der Waals surface area contributed by atoms with Gasteiger partial charge in [0.15, 0.2) is 0 Å². The van der Waals surface area contributed by atoms with Crippen molar-refractivity contribution >= 4 is 0 Å². The van der Waals surface area contributed by atoms with E-state index in [0.717, 1.165) is 37.8 Å². The van der Waals surface area contributed by atoms with Crippen LogP contribution in [-0.2, 0) is 0 Å². The normalized spacial score (nSPS) is 25.9. The summed E-state index contributed by atoms with van der Waals surface area (Å²) in [5.41, 5.74) is 0.952. The van der Waals surface area contributed by atoms with Crippen LogP contribution in [0.3, 0.4) is 0 Å². The molecule has 0 aromatic heterocycles. The summed E-state index contributed by atoms with van der Waals surface area (Å²) in [4.78, 5) is 0. The topological polar surface area (TPSA) is 52.5 Å². The summed E-state index contributed by atoms with van der Waals surface area (Å²) in [6, 6.07) is 7.64. The molecule has 0 amide bonds. The fraction of sp³-hybridized carbons (Fsp3) is 0.600. The molecule has 1 fully saturated rings. The summed E-state index contributed by atoms with van der Waals surface area (Å²) in [5.74, 6) is 1.01. The van der Waals surface area contributed by atoms with Crippen molar-refractivity contribution in [3.63, 3.8) is 0 Å². The molecule has 1 aliphatic rings. The van der Waals surface area contributed by atoms with E-state index in [9.17, 15) is 10.2 Å². The lowest BCUT2D eigenvalue weighted by atomic mass is 9.87. The van der Waals surface area contributed by atoms with Gasteiger partial charge >= 0.3 is 0 Å². The molecule has 3 N–H and O–H groups in total. The van der Waals surface area contributed by atoms with Crippen LogP contribution >= 0.6 is 0 Å². The molecule has 0 bridgehead atoms. The number of hydrogen-bond donors (Lipinski definition) is 3. The number of hydrogen-bond acceptors (Lipinski definition) is 3. The van der Waals surface area contributed by atoms with Crippen LogP contribution in [-0.4, -0.2) is 22.9 Å². The van der Waals surface area contributed by atoms with Crippen molar-refractivity contribution in [3.05, 3.63) is 29.8 Å². The lowest BCUT2D eigenvalue weighted by molar-refractivity contribution is 0.107. The Bertz CT molecular complexity index is 373. The molecule has 100 valence electrons. The largest absolute Gasteiger partial charge is 0.508 e. The standard InChI is InChI=1S/C15H23NO2/c1-11(14-4-2-3-5-15(14)18)16-10-12-6-8-13(17)9-7-12/h2-5,11-13,16-18H,6-10H2,1H3. The van der Waals surface area contributed by atoms with Crippen LogP contribution in [0.25, 0.3) is 0 Å². The van der Waals surface area contributed by atoms with Gasteiger partial charge in [-0.2, -0.15) is 0 Å². The highest BCUT2D eigenvalue weighted by molar-refractivity contribution is 5.34. The Morgan fingerprint density at radius 2 is 1.89 bits per heavy atom. The molecular formula is C15H23NO2. The first-order valence-corrected chi connectivity index (χ1v) is 6.86. The molecule has 1 aromatic carbocycles. The van der Waals surface area contributed by atoms with Gasteiger partial charge in [0, 0.05) is 11.6 Å². The predicted molar refractivity (Wildman–Crippen MR) is 72.5 cm³/mol. The van der Waals surface area contributed by atoms with Crippen molar-refractivity contribution < 1.29 is 10.2 Å². The smallest absolute Gasteiger partial charge is 0.120 e. The number of aromatic hydroxyl groups is 1. The summed E-state index contributed by atoms with van der Waals surface area (Å²) in [5, 5.41) is 22.7. The molecule has 3 nitrogen and oxygen atoms in total. The van der Waals surface area contributed by atoms with Crippen LogP contribution in [0.4, 0.5) is 0 Å². The minimum Gasteiger partial charge on any atom is -0.508 e. The number of para-hydroxylation sites is 1. The molecule has 1 saturated carbocycles. The van der Waals surface area contributed by atoms with E-state index in [2.05, 4.69) is 12.2 Å². The second kappa shape index (κ2) is 6.21. The average Bonchev–Trinajstić information content (AvgIpc) is 2.38. The molecule has 3 heteroatoms. The molecule has 1 aliphatic carbocycles. The maximum absolute atomic E-state index is 9.78. The van der Waals surface area contributed by atoms with Crippen molar-refractivity contribution in [2.75, 3.05) is 6.54 Å². The Labute approximate surface area is 109 Å². The summed E-state index contributed by atoms with van der Waals surface area (Å²) in [7, 11) is 0. The Morgan fingerprint density at radius 1 is 1.22 bits per heavy atom. The number of aliphatic hydroxyl groups excluding tert-OH is 1. The first-order chi connectivity index (χ1) is 8.66. The Morgan fingerprint density at radius 3 is 2.56 bits per heavy atom. The fourth-order valence-corrected chi connectivity index (χ4v) is 2.66. The number of rotatable bonds is 4. The van der Waals surface area contributed by atoms with Gasteiger partial charge in [-0.25, -0.2) is 0 Å². The van der Waals surface area contributed by atoms with Crippen molar-refractivity contribution in [3.8, 4) is 5.75 Å². The van der Waals surface area contributed by atoms with E-state index in [1.807, 2.05) is 18.2 Å². The average molecular weight is 249 g/mol. The van der Waals surface area contributed by atoms with E-state index in [-0.39, 0.29) is 12.1 Å². The Balaban J connectivity index is 1.81. The molecule has 0 heterocycles. The first-order valence-electron chi connectivity index (χ1n) is 6.86. The molecule has 0 saturated heterocycles. The third-order valence-electron chi connectivity index (χ3n) is 3.93. The highest BCUT2D eigenvalue weighted by Gasteiger charge is 2.20. The van der Waals surface area contributed by atoms with Gasteiger partial charge in [-0.15, -0.1) is 0 Å². The zero-order valence-corrected chi connectivity index (χ0v) is 11.0. The molecule has 1 atom stereocenters. The second-order valence-corrected chi connectivity index (χ2v) is 5.36. The summed E-state index contributed by atoms with van der Waals surface area (Å²) >= 11 is 0. The van der Waals surface area contributed by atoms with Crippen LogP contribution in [0.1, 0.15) is 44.2 Å². The van der Waals surface area contributed by atoms with Crippen LogP contribution < -0.4 is 5.32 Å². The minimum absolute atomic E-state index is 0.0863. The summed E-state index contributed by atoms with van der Waals surface area (Å²) < 4.78 is 0. The zero-order chi connectivity index (χ0) is 13.0. The number of phenols is 1. The van der Waals surface area contributed by atoms with Crippen molar-refractivity contribution in [2.45, 2.75) is 44.8 Å². The van der Waals surface area contributed by atoms with E-state index in [0.29, 0.717) is 11.7 Å². The van der Waals surface area contributed by atoms with Gasteiger partial charge in [-0.1, -0.05) is 18.2 Å². The lowest BCUT2D eigenvalue weighted by Gasteiger charge is -2.27. The first kappa shape index (κ1) is 13.4. The van der Waals surface area contributed by atoms with Gasteiger partial charge in [0.2, 0.25) is 0 Å². The van der Waals surface area contributed by atoms with E-state index >= 15 is 0 Å². The second-order valence-electron chi connectivity index (χ2n) is 5.36. The molecule has 1 unspecified atom stereocenters. The Kier molecular flexibility index (Phi) is 4.61. The van der Waals surface area contributed by atoms with E-state index in [4.69, 9.17) is 0 Å². The highest BCUT2D eigenvalue weighted by atomic mass is 16.3.